The van der Waals surface area contributed by atoms with Gasteiger partial charge >= 0.3 is 0 Å². The Morgan fingerprint density at radius 3 is 2.70 bits per heavy atom. The lowest BCUT2D eigenvalue weighted by Gasteiger charge is -2.15. The van der Waals surface area contributed by atoms with Gasteiger partial charge in [0, 0.05) is 6.20 Å². The summed E-state index contributed by atoms with van der Waals surface area (Å²) in [5.41, 5.74) is 1.03. The van der Waals surface area contributed by atoms with Crippen molar-refractivity contribution >= 4 is 23.3 Å². The molecule has 0 fully saturated rings. The summed E-state index contributed by atoms with van der Waals surface area (Å²) in [5.74, 6) is 0.699. The number of halogens is 1. The Hall–Kier alpha value is -2.07. The fraction of sp³-hybridized carbons (Fsp3) is 0.200. The van der Waals surface area contributed by atoms with Crippen LogP contribution in [0.4, 0.5) is 5.82 Å². The van der Waals surface area contributed by atoms with Gasteiger partial charge in [-0.2, -0.15) is 0 Å². The molecule has 5 heteroatoms. The molecule has 1 N–H and O–H groups in total. The molecule has 0 aliphatic heterocycles. The number of rotatable bonds is 4. The van der Waals surface area contributed by atoms with Crippen LogP contribution in [0.2, 0.25) is 5.02 Å². The largest absolute Gasteiger partial charge is 0.479 e. The predicted octanol–water partition coefficient (Wildman–Crippen LogP) is 3.45. The minimum Gasteiger partial charge on any atom is -0.479 e. The Bertz CT molecular complexity index is 599. The van der Waals surface area contributed by atoms with Crippen LogP contribution >= 0.6 is 11.6 Å². The second-order valence-corrected chi connectivity index (χ2v) is 4.81. The molecule has 0 radical (unpaired) electrons. The number of benzene rings is 1. The Kier molecular flexibility index (Phi) is 4.58. The molecule has 1 unspecified atom stereocenters. The number of para-hydroxylation sites is 1. The maximum absolute atomic E-state index is 12.0. The number of aromatic nitrogens is 1. The molecule has 1 aromatic carbocycles. The summed E-state index contributed by atoms with van der Waals surface area (Å²) in [4.78, 5) is 16.1. The number of aryl methyl sites for hydroxylation is 1. The Balaban J connectivity index is 1.99. The number of nitrogens with zero attached hydrogens (tertiary/aromatic N) is 1. The van der Waals surface area contributed by atoms with Gasteiger partial charge in [0.1, 0.15) is 11.6 Å². The van der Waals surface area contributed by atoms with Gasteiger partial charge in [0.05, 0.1) is 5.02 Å². The zero-order valence-corrected chi connectivity index (χ0v) is 12.0. The van der Waals surface area contributed by atoms with Crippen LogP contribution in [0.25, 0.3) is 0 Å². The first kappa shape index (κ1) is 14.3. The minimum absolute atomic E-state index is 0.277. The Labute approximate surface area is 122 Å². The lowest BCUT2D eigenvalue weighted by Crippen LogP contribution is -2.30. The van der Waals surface area contributed by atoms with Crippen molar-refractivity contribution in [3.05, 3.63) is 53.2 Å². The van der Waals surface area contributed by atoms with E-state index in [4.69, 9.17) is 16.3 Å². The molecule has 0 aliphatic rings. The van der Waals surface area contributed by atoms with Crippen LogP contribution in [0.15, 0.2) is 42.6 Å². The van der Waals surface area contributed by atoms with E-state index in [1.807, 2.05) is 13.0 Å². The van der Waals surface area contributed by atoms with Gasteiger partial charge in [-0.3, -0.25) is 4.79 Å². The molecule has 1 atom stereocenters. The van der Waals surface area contributed by atoms with E-state index in [2.05, 4.69) is 10.3 Å². The average molecular weight is 291 g/mol. The summed E-state index contributed by atoms with van der Waals surface area (Å²) in [5, 5.41) is 3.16. The van der Waals surface area contributed by atoms with Gasteiger partial charge in [0.2, 0.25) is 0 Å². The van der Waals surface area contributed by atoms with Crippen molar-refractivity contribution in [1.82, 2.24) is 4.98 Å². The molecule has 2 rings (SSSR count). The third kappa shape index (κ3) is 3.71. The first-order chi connectivity index (χ1) is 9.56. The number of carbonyl (C=O) groups is 1. The normalized spacial score (nSPS) is 11.8. The summed E-state index contributed by atoms with van der Waals surface area (Å²) >= 11 is 5.98. The van der Waals surface area contributed by atoms with Crippen molar-refractivity contribution in [2.45, 2.75) is 20.0 Å². The molecule has 104 valence electrons. The van der Waals surface area contributed by atoms with E-state index in [0.717, 1.165) is 5.56 Å². The second kappa shape index (κ2) is 6.39. The van der Waals surface area contributed by atoms with E-state index in [-0.39, 0.29) is 5.91 Å². The van der Waals surface area contributed by atoms with Crippen LogP contribution < -0.4 is 10.1 Å². The second-order valence-electron chi connectivity index (χ2n) is 4.40. The molecule has 0 saturated carbocycles. The van der Waals surface area contributed by atoms with Crippen molar-refractivity contribution in [2.75, 3.05) is 5.32 Å². The molecule has 0 spiro atoms. The molecule has 1 aromatic heterocycles. The molecule has 0 saturated heterocycles. The monoisotopic (exact) mass is 290 g/mol. The highest BCUT2D eigenvalue weighted by atomic mass is 35.5. The van der Waals surface area contributed by atoms with Crippen LogP contribution in [0.1, 0.15) is 12.5 Å². The van der Waals surface area contributed by atoms with Crippen LogP contribution in [0.5, 0.6) is 5.75 Å². The molecule has 1 heterocycles. The molecule has 1 amide bonds. The number of anilines is 1. The van der Waals surface area contributed by atoms with E-state index >= 15 is 0 Å². The first-order valence-electron chi connectivity index (χ1n) is 6.21. The van der Waals surface area contributed by atoms with Gasteiger partial charge in [-0.25, -0.2) is 4.98 Å². The number of carbonyl (C=O) groups excluding carboxylic acids is 1. The fourth-order valence-corrected chi connectivity index (χ4v) is 1.73. The van der Waals surface area contributed by atoms with E-state index in [1.165, 1.54) is 0 Å². The topological polar surface area (TPSA) is 51.2 Å². The van der Waals surface area contributed by atoms with Gasteiger partial charge in [0.25, 0.3) is 5.91 Å². The number of ether oxygens (including phenoxy) is 1. The fourth-order valence-electron chi connectivity index (χ4n) is 1.55. The maximum atomic E-state index is 12.0. The molecule has 2 aromatic rings. The van der Waals surface area contributed by atoms with E-state index < -0.39 is 6.10 Å². The zero-order chi connectivity index (χ0) is 14.5. The molecular formula is C15H15ClN2O2. The van der Waals surface area contributed by atoms with Gasteiger partial charge in [-0.1, -0.05) is 29.8 Å². The number of nitrogens with one attached hydrogen (secondary N) is 1. The van der Waals surface area contributed by atoms with E-state index in [0.29, 0.717) is 16.6 Å². The molecule has 20 heavy (non-hydrogen) atoms. The smallest absolute Gasteiger partial charge is 0.266 e. The summed E-state index contributed by atoms with van der Waals surface area (Å²) < 4.78 is 5.53. The number of hydrogen-bond donors (Lipinski definition) is 1. The van der Waals surface area contributed by atoms with E-state index in [9.17, 15) is 4.79 Å². The van der Waals surface area contributed by atoms with Gasteiger partial charge in [-0.15, -0.1) is 0 Å². The lowest BCUT2D eigenvalue weighted by atomic mass is 10.3. The van der Waals surface area contributed by atoms with Crippen molar-refractivity contribution in [3.63, 3.8) is 0 Å². The van der Waals surface area contributed by atoms with Gasteiger partial charge in [-0.05, 0) is 37.6 Å². The predicted molar refractivity (Wildman–Crippen MR) is 79.1 cm³/mol. The molecular weight excluding hydrogens is 276 g/mol. The maximum Gasteiger partial charge on any atom is 0.266 e. The summed E-state index contributed by atoms with van der Waals surface area (Å²) in [6.07, 6.45) is 1.02. The zero-order valence-electron chi connectivity index (χ0n) is 11.3. The minimum atomic E-state index is -0.669. The first-order valence-corrected chi connectivity index (χ1v) is 6.59. The van der Waals surface area contributed by atoms with Crippen molar-refractivity contribution in [2.24, 2.45) is 0 Å². The number of hydrogen-bond acceptors (Lipinski definition) is 3. The molecule has 4 nitrogen and oxygen atoms in total. The van der Waals surface area contributed by atoms with Crippen LogP contribution in [0.3, 0.4) is 0 Å². The number of pyridine rings is 1. The van der Waals surface area contributed by atoms with E-state index in [1.54, 1.807) is 43.5 Å². The SMILES string of the molecule is Cc1ccc(NC(=O)C(C)Oc2ccccc2Cl)nc1. The summed E-state index contributed by atoms with van der Waals surface area (Å²) in [6.45, 7) is 3.59. The quantitative estimate of drug-likeness (QED) is 0.938. The average Bonchev–Trinajstić information content (AvgIpc) is 2.44. The Morgan fingerprint density at radius 2 is 2.05 bits per heavy atom. The summed E-state index contributed by atoms with van der Waals surface area (Å²) in [6, 6.07) is 10.7. The van der Waals surface area contributed by atoms with Gasteiger partial charge < -0.3 is 10.1 Å². The van der Waals surface area contributed by atoms with Gasteiger partial charge in [0.15, 0.2) is 6.10 Å². The third-order valence-corrected chi connectivity index (χ3v) is 2.98. The lowest BCUT2D eigenvalue weighted by molar-refractivity contribution is -0.122. The standard InChI is InChI=1S/C15H15ClN2O2/c1-10-7-8-14(17-9-10)18-15(19)11(2)20-13-6-4-3-5-12(13)16/h3-9,11H,1-2H3,(H,17,18,19). The van der Waals surface area contributed by atoms with Crippen LogP contribution in [-0.2, 0) is 4.79 Å². The highest BCUT2D eigenvalue weighted by Gasteiger charge is 2.16. The molecule has 0 bridgehead atoms. The van der Waals surface area contributed by atoms with Crippen LogP contribution in [-0.4, -0.2) is 17.0 Å². The molecule has 0 aliphatic carbocycles. The van der Waals surface area contributed by atoms with Crippen molar-refractivity contribution in [1.29, 1.82) is 0 Å². The van der Waals surface area contributed by atoms with Crippen LogP contribution in [0, 0.1) is 6.92 Å². The summed E-state index contributed by atoms with van der Waals surface area (Å²) in [7, 11) is 0. The highest BCUT2D eigenvalue weighted by molar-refractivity contribution is 6.32. The third-order valence-electron chi connectivity index (χ3n) is 2.67. The number of amides is 1. The van der Waals surface area contributed by atoms with Crippen molar-refractivity contribution < 1.29 is 9.53 Å². The Morgan fingerprint density at radius 1 is 1.30 bits per heavy atom. The van der Waals surface area contributed by atoms with Crippen molar-refractivity contribution in [3.8, 4) is 5.75 Å². The highest BCUT2D eigenvalue weighted by Crippen LogP contribution is 2.24.